The molecule has 3 aliphatic rings. The molecule has 0 aromatic heterocycles. The Bertz CT molecular complexity index is 243. The molecule has 2 heteroatoms. The van der Waals surface area contributed by atoms with E-state index in [2.05, 4.69) is 5.32 Å². The lowest BCUT2D eigenvalue weighted by molar-refractivity contribution is -0.0633. The van der Waals surface area contributed by atoms with E-state index in [1.807, 2.05) is 0 Å². The van der Waals surface area contributed by atoms with Crippen LogP contribution in [0.5, 0.6) is 0 Å². The van der Waals surface area contributed by atoms with Gasteiger partial charge in [0, 0.05) is 19.2 Å². The summed E-state index contributed by atoms with van der Waals surface area (Å²) in [5, 5.41) is 3.73. The highest BCUT2D eigenvalue weighted by Crippen LogP contribution is 2.34. The highest BCUT2D eigenvalue weighted by atomic mass is 16.5. The minimum absolute atomic E-state index is 0.572. The van der Waals surface area contributed by atoms with Gasteiger partial charge >= 0.3 is 0 Å². The SMILES string of the molecule is C1CCCC(C2OCCCC2CNC2CC2)CC1. The first-order valence-corrected chi connectivity index (χ1v) is 8.28. The Labute approximate surface area is 112 Å². The quantitative estimate of drug-likeness (QED) is 0.772. The number of hydrogen-bond acceptors (Lipinski definition) is 2. The molecular formula is C16H29NO. The highest BCUT2D eigenvalue weighted by Gasteiger charge is 2.34. The summed E-state index contributed by atoms with van der Waals surface area (Å²) < 4.78 is 6.20. The van der Waals surface area contributed by atoms with Crippen molar-refractivity contribution in [2.24, 2.45) is 11.8 Å². The highest BCUT2D eigenvalue weighted by molar-refractivity contribution is 4.87. The zero-order valence-electron chi connectivity index (χ0n) is 11.7. The summed E-state index contributed by atoms with van der Waals surface area (Å²) in [4.78, 5) is 0. The van der Waals surface area contributed by atoms with Crippen LogP contribution in [0.4, 0.5) is 0 Å². The molecule has 0 aromatic carbocycles. The van der Waals surface area contributed by atoms with E-state index in [4.69, 9.17) is 4.74 Å². The first kappa shape index (κ1) is 12.9. The molecule has 3 rings (SSSR count). The first-order valence-electron chi connectivity index (χ1n) is 8.28. The van der Waals surface area contributed by atoms with Crippen molar-refractivity contribution < 1.29 is 4.74 Å². The molecule has 0 spiro atoms. The molecule has 3 fully saturated rings. The van der Waals surface area contributed by atoms with Gasteiger partial charge in [-0.1, -0.05) is 25.7 Å². The van der Waals surface area contributed by atoms with Gasteiger partial charge in [0.25, 0.3) is 0 Å². The average Bonchev–Trinajstić information content (AvgIpc) is 3.24. The van der Waals surface area contributed by atoms with Crippen molar-refractivity contribution in [3.05, 3.63) is 0 Å². The zero-order chi connectivity index (χ0) is 12.2. The molecule has 2 nitrogen and oxygen atoms in total. The average molecular weight is 251 g/mol. The Balaban J connectivity index is 1.54. The van der Waals surface area contributed by atoms with E-state index in [-0.39, 0.29) is 0 Å². The van der Waals surface area contributed by atoms with E-state index >= 15 is 0 Å². The molecule has 0 amide bonds. The molecule has 1 aliphatic heterocycles. The van der Waals surface area contributed by atoms with Crippen molar-refractivity contribution in [3.8, 4) is 0 Å². The molecule has 18 heavy (non-hydrogen) atoms. The second-order valence-electron chi connectivity index (χ2n) is 6.67. The van der Waals surface area contributed by atoms with Crippen LogP contribution in [0.1, 0.15) is 64.2 Å². The van der Waals surface area contributed by atoms with Crippen LogP contribution in [0.15, 0.2) is 0 Å². The fourth-order valence-corrected chi connectivity index (χ4v) is 3.85. The smallest absolute Gasteiger partial charge is 0.0643 e. The molecule has 0 radical (unpaired) electrons. The summed E-state index contributed by atoms with van der Waals surface area (Å²) in [7, 11) is 0. The molecule has 2 atom stereocenters. The van der Waals surface area contributed by atoms with Crippen LogP contribution >= 0.6 is 0 Å². The van der Waals surface area contributed by atoms with Crippen molar-refractivity contribution in [2.45, 2.75) is 76.4 Å². The summed E-state index contributed by atoms with van der Waals surface area (Å²) in [6, 6.07) is 0.849. The molecule has 2 unspecified atom stereocenters. The van der Waals surface area contributed by atoms with E-state index in [0.29, 0.717) is 6.10 Å². The molecule has 1 N–H and O–H groups in total. The van der Waals surface area contributed by atoms with Crippen LogP contribution < -0.4 is 5.32 Å². The van der Waals surface area contributed by atoms with Gasteiger partial charge in [0.05, 0.1) is 6.10 Å². The Morgan fingerprint density at radius 3 is 2.33 bits per heavy atom. The van der Waals surface area contributed by atoms with Crippen molar-refractivity contribution in [3.63, 3.8) is 0 Å². The molecule has 2 aliphatic carbocycles. The fraction of sp³-hybridized carbons (Fsp3) is 1.00. The van der Waals surface area contributed by atoms with Crippen LogP contribution in [-0.4, -0.2) is 25.3 Å². The van der Waals surface area contributed by atoms with Crippen molar-refractivity contribution in [1.82, 2.24) is 5.32 Å². The Kier molecular flexibility index (Phi) is 4.58. The van der Waals surface area contributed by atoms with Crippen LogP contribution in [-0.2, 0) is 4.74 Å². The molecule has 1 saturated heterocycles. The lowest BCUT2D eigenvalue weighted by Gasteiger charge is -2.37. The number of nitrogens with one attached hydrogen (secondary N) is 1. The molecule has 0 bridgehead atoms. The summed E-state index contributed by atoms with van der Waals surface area (Å²) >= 11 is 0. The Morgan fingerprint density at radius 1 is 0.833 bits per heavy atom. The monoisotopic (exact) mass is 251 g/mol. The maximum atomic E-state index is 6.20. The topological polar surface area (TPSA) is 21.3 Å². The van der Waals surface area contributed by atoms with Crippen molar-refractivity contribution in [2.75, 3.05) is 13.2 Å². The first-order chi connectivity index (χ1) is 8.93. The van der Waals surface area contributed by atoms with Crippen molar-refractivity contribution in [1.29, 1.82) is 0 Å². The van der Waals surface area contributed by atoms with E-state index in [1.165, 1.54) is 70.8 Å². The van der Waals surface area contributed by atoms with Crippen LogP contribution in [0.2, 0.25) is 0 Å². The van der Waals surface area contributed by atoms with E-state index in [1.54, 1.807) is 0 Å². The van der Waals surface area contributed by atoms with Gasteiger partial charge in [-0.15, -0.1) is 0 Å². The third-order valence-corrected chi connectivity index (χ3v) is 5.10. The fourth-order valence-electron chi connectivity index (χ4n) is 3.85. The maximum absolute atomic E-state index is 6.20. The second kappa shape index (κ2) is 6.38. The van der Waals surface area contributed by atoms with E-state index in [9.17, 15) is 0 Å². The van der Waals surface area contributed by atoms with Gasteiger partial charge < -0.3 is 10.1 Å². The van der Waals surface area contributed by atoms with Crippen LogP contribution in [0.3, 0.4) is 0 Å². The lowest BCUT2D eigenvalue weighted by Crippen LogP contribution is -2.41. The summed E-state index contributed by atoms with van der Waals surface area (Å²) in [5.74, 6) is 1.65. The maximum Gasteiger partial charge on any atom is 0.0643 e. The largest absolute Gasteiger partial charge is 0.378 e. The zero-order valence-corrected chi connectivity index (χ0v) is 11.7. The standard InChI is InChI=1S/C16H29NO/c1-2-4-7-13(6-3-1)16-14(8-5-11-18-16)12-17-15-9-10-15/h13-17H,1-12H2. The third-order valence-electron chi connectivity index (χ3n) is 5.10. The Hall–Kier alpha value is -0.0800. The number of ether oxygens (including phenoxy) is 1. The van der Waals surface area contributed by atoms with Gasteiger partial charge in [0.15, 0.2) is 0 Å². The van der Waals surface area contributed by atoms with Gasteiger partial charge in [-0.25, -0.2) is 0 Å². The van der Waals surface area contributed by atoms with E-state index < -0.39 is 0 Å². The van der Waals surface area contributed by atoms with Gasteiger partial charge in [-0.2, -0.15) is 0 Å². The summed E-state index contributed by atoms with van der Waals surface area (Å²) in [5.41, 5.74) is 0. The summed E-state index contributed by atoms with van der Waals surface area (Å²) in [6.07, 6.45) is 14.7. The van der Waals surface area contributed by atoms with Gasteiger partial charge in [-0.3, -0.25) is 0 Å². The molecule has 0 aromatic rings. The predicted molar refractivity (Wildman–Crippen MR) is 74.7 cm³/mol. The van der Waals surface area contributed by atoms with Gasteiger partial charge in [0.1, 0.15) is 0 Å². The van der Waals surface area contributed by atoms with Gasteiger partial charge in [-0.05, 0) is 50.4 Å². The molecule has 104 valence electrons. The number of hydrogen-bond donors (Lipinski definition) is 1. The Morgan fingerprint density at radius 2 is 1.61 bits per heavy atom. The predicted octanol–water partition coefficient (Wildman–Crippen LogP) is 3.50. The van der Waals surface area contributed by atoms with E-state index in [0.717, 1.165) is 24.5 Å². The lowest BCUT2D eigenvalue weighted by atomic mass is 9.82. The molecule has 1 heterocycles. The normalized spacial score (nSPS) is 35.3. The van der Waals surface area contributed by atoms with Gasteiger partial charge in [0.2, 0.25) is 0 Å². The summed E-state index contributed by atoms with van der Waals surface area (Å²) in [6.45, 7) is 2.23. The van der Waals surface area contributed by atoms with Crippen molar-refractivity contribution >= 4 is 0 Å². The second-order valence-corrected chi connectivity index (χ2v) is 6.67. The minimum Gasteiger partial charge on any atom is -0.378 e. The van der Waals surface area contributed by atoms with Crippen LogP contribution in [0.25, 0.3) is 0 Å². The minimum atomic E-state index is 0.572. The third kappa shape index (κ3) is 3.48. The molecular weight excluding hydrogens is 222 g/mol. The molecule has 2 saturated carbocycles. The number of rotatable bonds is 4. The van der Waals surface area contributed by atoms with Crippen LogP contribution in [0, 0.1) is 11.8 Å².